The first kappa shape index (κ1) is 12.1. The van der Waals surface area contributed by atoms with Crippen molar-refractivity contribution in [2.45, 2.75) is 33.0 Å². The predicted octanol–water partition coefficient (Wildman–Crippen LogP) is 6.02. The lowest BCUT2D eigenvalue weighted by Crippen LogP contribution is -2.11. The van der Waals surface area contributed by atoms with Gasteiger partial charge in [-0.1, -0.05) is 63.2 Å². The number of nitrogens with zero attached hydrogens (tertiary/aromatic N) is 1. The van der Waals surface area contributed by atoms with E-state index >= 15 is 0 Å². The first-order valence-corrected chi connectivity index (χ1v) is 7.83. The van der Waals surface area contributed by atoms with Crippen molar-refractivity contribution in [1.29, 1.82) is 0 Å². The molecule has 0 radical (unpaired) electrons. The summed E-state index contributed by atoms with van der Waals surface area (Å²) in [6.45, 7) is 4.34. The van der Waals surface area contributed by atoms with Crippen LogP contribution in [0.15, 0.2) is 66.9 Å². The fraction of sp³-hybridized carbons (Fsp3) is 0.227. The molecule has 0 N–H and O–H groups in total. The summed E-state index contributed by atoms with van der Waals surface area (Å²) < 4.78 is 23.6. The Kier molecular flexibility index (Phi) is 3.15. The van der Waals surface area contributed by atoms with Gasteiger partial charge in [0.25, 0.3) is 0 Å². The number of benzene rings is 2. The molecule has 0 saturated heterocycles. The fourth-order valence-electron chi connectivity index (χ4n) is 2.62. The second kappa shape index (κ2) is 6.00. The highest BCUT2D eigenvalue weighted by atomic mass is 14.7. The third-order valence-corrected chi connectivity index (χ3v) is 4.03. The fourth-order valence-corrected chi connectivity index (χ4v) is 2.62. The molecule has 0 amide bonds. The van der Waals surface area contributed by atoms with Crippen LogP contribution >= 0.6 is 0 Å². The van der Waals surface area contributed by atoms with Gasteiger partial charge < -0.3 is 0 Å². The Morgan fingerprint density at radius 1 is 0.870 bits per heavy atom. The van der Waals surface area contributed by atoms with Crippen molar-refractivity contribution in [2.24, 2.45) is 0 Å². The summed E-state index contributed by atoms with van der Waals surface area (Å²) >= 11 is 0. The van der Waals surface area contributed by atoms with Crippen molar-refractivity contribution in [3.05, 3.63) is 78.0 Å². The molecular weight excluding hydrogens is 278 g/mol. The Balaban J connectivity index is 2.17. The van der Waals surface area contributed by atoms with Crippen LogP contribution in [-0.2, 0) is 5.41 Å². The zero-order valence-corrected chi connectivity index (χ0v) is 13.8. The van der Waals surface area contributed by atoms with E-state index in [1.807, 2.05) is 54.7 Å². The molecule has 116 valence electrons. The van der Waals surface area contributed by atoms with Gasteiger partial charge in [0.15, 0.2) is 0 Å². The molecule has 0 fully saturated rings. The van der Waals surface area contributed by atoms with Gasteiger partial charge in [-0.2, -0.15) is 0 Å². The van der Waals surface area contributed by atoms with Crippen molar-refractivity contribution in [3.8, 4) is 22.4 Å². The lowest BCUT2D eigenvalue weighted by molar-refractivity contribution is 0.589. The van der Waals surface area contributed by atoms with E-state index in [1.54, 1.807) is 6.07 Å². The largest absolute Gasteiger partial charge is 0.256 e. The summed E-state index contributed by atoms with van der Waals surface area (Å²) in [6.07, 6.45) is 1.82. The number of aryl methyl sites for hydroxylation is 1. The normalized spacial score (nSPS) is 14.0. The topological polar surface area (TPSA) is 12.9 Å². The molecule has 0 atom stereocenters. The van der Waals surface area contributed by atoms with E-state index in [-0.39, 0.29) is 5.41 Å². The Morgan fingerprint density at radius 3 is 2.35 bits per heavy atom. The lowest BCUT2D eigenvalue weighted by Gasteiger charge is -2.19. The van der Waals surface area contributed by atoms with E-state index in [0.717, 1.165) is 22.4 Å². The van der Waals surface area contributed by atoms with Gasteiger partial charge in [-0.3, -0.25) is 4.98 Å². The summed E-state index contributed by atoms with van der Waals surface area (Å²) in [5, 5.41) is 0. The molecule has 3 aromatic rings. The average Bonchev–Trinajstić information content (AvgIpc) is 2.60. The molecular formula is C22H23N. The standard InChI is InChI=1S/C22H23N/c1-16-10-11-18(14-20(16)17-8-6-5-7-9-17)21-15-19(12-13-23-21)22(2,3)4/h5-15H,1-4H3/i1D3. The Morgan fingerprint density at radius 2 is 1.65 bits per heavy atom. The number of hydrogen-bond donors (Lipinski definition) is 0. The minimum atomic E-state index is -2.16. The molecule has 0 unspecified atom stereocenters. The van der Waals surface area contributed by atoms with Crippen LogP contribution in [0.1, 0.15) is 36.0 Å². The molecule has 1 nitrogen and oxygen atoms in total. The first-order valence-electron chi connectivity index (χ1n) is 9.33. The van der Waals surface area contributed by atoms with Crippen LogP contribution in [0.2, 0.25) is 0 Å². The van der Waals surface area contributed by atoms with Crippen LogP contribution in [0.3, 0.4) is 0 Å². The van der Waals surface area contributed by atoms with E-state index in [1.165, 1.54) is 5.56 Å². The molecule has 1 aromatic heterocycles. The molecule has 1 heteroatoms. The van der Waals surface area contributed by atoms with Gasteiger partial charge in [0.2, 0.25) is 0 Å². The quantitative estimate of drug-likeness (QED) is 0.564. The highest BCUT2D eigenvalue weighted by Crippen LogP contribution is 2.30. The molecule has 0 aliphatic rings. The third-order valence-electron chi connectivity index (χ3n) is 4.03. The van der Waals surface area contributed by atoms with Crippen LogP contribution in [-0.4, -0.2) is 4.98 Å². The molecule has 3 rings (SSSR count). The van der Waals surface area contributed by atoms with Gasteiger partial charge in [-0.25, -0.2) is 0 Å². The van der Waals surface area contributed by atoms with E-state index in [4.69, 9.17) is 4.11 Å². The van der Waals surface area contributed by atoms with Gasteiger partial charge in [0.1, 0.15) is 0 Å². The summed E-state index contributed by atoms with van der Waals surface area (Å²) in [4.78, 5) is 4.51. The number of rotatable bonds is 2. The Bertz CT molecular complexity index is 907. The smallest absolute Gasteiger partial charge is 0.0705 e. The summed E-state index contributed by atoms with van der Waals surface area (Å²) in [5.74, 6) is 0. The number of hydrogen-bond acceptors (Lipinski definition) is 1. The van der Waals surface area contributed by atoms with Crippen molar-refractivity contribution in [3.63, 3.8) is 0 Å². The lowest BCUT2D eigenvalue weighted by atomic mass is 9.86. The molecule has 0 aliphatic carbocycles. The van der Waals surface area contributed by atoms with Crippen molar-refractivity contribution >= 4 is 0 Å². The van der Waals surface area contributed by atoms with Crippen molar-refractivity contribution in [2.75, 3.05) is 0 Å². The molecule has 1 heterocycles. The minimum absolute atomic E-state index is 0.0264. The van der Waals surface area contributed by atoms with Crippen LogP contribution in [0.4, 0.5) is 0 Å². The van der Waals surface area contributed by atoms with Gasteiger partial charge in [-0.05, 0) is 52.7 Å². The summed E-state index contributed by atoms with van der Waals surface area (Å²) in [7, 11) is 0. The molecule has 0 saturated carbocycles. The minimum Gasteiger partial charge on any atom is -0.256 e. The molecule has 23 heavy (non-hydrogen) atoms. The zero-order valence-electron chi connectivity index (χ0n) is 16.8. The maximum absolute atomic E-state index is 7.87. The van der Waals surface area contributed by atoms with E-state index in [2.05, 4.69) is 31.8 Å². The molecule has 0 aliphatic heterocycles. The van der Waals surface area contributed by atoms with Crippen LogP contribution < -0.4 is 0 Å². The van der Waals surface area contributed by atoms with Crippen LogP contribution in [0, 0.1) is 6.85 Å². The summed E-state index contributed by atoms with van der Waals surface area (Å²) in [5.41, 5.74) is 4.98. The number of aromatic nitrogens is 1. The van der Waals surface area contributed by atoms with Gasteiger partial charge in [0.05, 0.1) is 5.69 Å². The molecule has 0 bridgehead atoms. The maximum atomic E-state index is 7.87. The van der Waals surface area contributed by atoms with Crippen molar-refractivity contribution < 1.29 is 4.11 Å². The van der Waals surface area contributed by atoms with E-state index in [0.29, 0.717) is 5.56 Å². The highest BCUT2D eigenvalue weighted by Gasteiger charge is 2.15. The summed E-state index contributed by atoms with van der Waals surface area (Å²) in [6, 6.07) is 19.2. The van der Waals surface area contributed by atoms with E-state index in [9.17, 15) is 0 Å². The second-order valence-corrected chi connectivity index (χ2v) is 6.81. The molecule has 2 aromatic carbocycles. The highest BCUT2D eigenvalue weighted by molar-refractivity contribution is 5.74. The average molecular weight is 304 g/mol. The second-order valence-electron chi connectivity index (χ2n) is 6.81. The van der Waals surface area contributed by atoms with Crippen LogP contribution in [0.5, 0.6) is 0 Å². The van der Waals surface area contributed by atoms with E-state index < -0.39 is 6.85 Å². The monoisotopic (exact) mass is 304 g/mol. The number of pyridine rings is 1. The Labute approximate surface area is 143 Å². The van der Waals surface area contributed by atoms with Gasteiger partial charge in [-0.15, -0.1) is 0 Å². The van der Waals surface area contributed by atoms with Gasteiger partial charge >= 0.3 is 0 Å². The van der Waals surface area contributed by atoms with Gasteiger partial charge in [0, 0.05) is 15.9 Å². The molecule has 0 spiro atoms. The predicted molar refractivity (Wildman–Crippen MR) is 98.5 cm³/mol. The zero-order chi connectivity index (χ0) is 18.9. The maximum Gasteiger partial charge on any atom is 0.0705 e. The first-order chi connectivity index (χ1) is 12.2. The third kappa shape index (κ3) is 3.34. The van der Waals surface area contributed by atoms with Crippen molar-refractivity contribution in [1.82, 2.24) is 4.98 Å². The SMILES string of the molecule is [2H]C([2H])([2H])c1ccc(-c2cc(C(C)(C)C)ccn2)cc1-c1ccccc1. The van der Waals surface area contributed by atoms with Crippen LogP contribution in [0.25, 0.3) is 22.4 Å². The Hall–Kier alpha value is -2.41.